The van der Waals surface area contributed by atoms with Gasteiger partial charge >= 0.3 is 6.09 Å². The van der Waals surface area contributed by atoms with Crippen molar-refractivity contribution >= 4 is 12.0 Å². The summed E-state index contributed by atoms with van der Waals surface area (Å²) in [6.07, 6.45) is 7.00. The van der Waals surface area contributed by atoms with Gasteiger partial charge in [-0.15, -0.1) is 0 Å². The average molecular weight is 359 g/mol. The van der Waals surface area contributed by atoms with Gasteiger partial charge in [-0.05, 0) is 40.0 Å². The molecule has 2 amide bonds. The Morgan fingerprint density at radius 3 is 2.24 bits per heavy atom. The van der Waals surface area contributed by atoms with E-state index in [2.05, 4.69) is 12.2 Å². The van der Waals surface area contributed by atoms with Gasteiger partial charge < -0.3 is 20.1 Å². The first-order valence-corrected chi connectivity index (χ1v) is 9.65. The molecular formula is C19H38N2O4. The van der Waals surface area contributed by atoms with Gasteiger partial charge in [0.1, 0.15) is 5.60 Å². The molecule has 0 fully saturated rings. The van der Waals surface area contributed by atoms with Crippen molar-refractivity contribution in [2.45, 2.75) is 84.7 Å². The molecule has 0 aromatic carbocycles. The lowest BCUT2D eigenvalue weighted by Gasteiger charge is -2.23. The predicted molar refractivity (Wildman–Crippen MR) is 101 cm³/mol. The number of aliphatic hydroxyl groups excluding tert-OH is 1. The highest BCUT2D eigenvalue weighted by Crippen LogP contribution is 2.08. The van der Waals surface area contributed by atoms with Crippen LogP contribution in [-0.4, -0.2) is 53.8 Å². The molecule has 0 aromatic rings. The van der Waals surface area contributed by atoms with Crippen LogP contribution in [0.2, 0.25) is 0 Å². The molecule has 0 aliphatic rings. The highest BCUT2D eigenvalue weighted by atomic mass is 16.6. The number of carbonyl (C=O) groups excluding carboxylic acids is 2. The van der Waals surface area contributed by atoms with Crippen LogP contribution in [0, 0.1) is 0 Å². The molecule has 25 heavy (non-hydrogen) atoms. The Balaban J connectivity index is 4.08. The third-order valence-corrected chi connectivity index (χ3v) is 3.71. The lowest BCUT2D eigenvalue weighted by Crippen LogP contribution is -2.37. The van der Waals surface area contributed by atoms with E-state index in [0.717, 1.165) is 12.8 Å². The maximum atomic E-state index is 12.3. The second-order valence-electron chi connectivity index (χ2n) is 7.40. The van der Waals surface area contributed by atoms with Crippen molar-refractivity contribution in [3.63, 3.8) is 0 Å². The van der Waals surface area contributed by atoms with Crippen LogP contribution in [0.3, 0.4) is 0 Å². The van der Waals surface area contributed by atoms with Crippen molar-refractivity contribution in [1.82, 2.24) is 10.2 Å². The van der Waals surface area contributed by atoms with Gasteiger partial charge in [-0.2, -0.15) is 0 Å². The lowest BCUT2D eigenvalue weighted by molar-refractivity contribution is -0.131. The Labute approximate surface area is 153 Å². The number of unbranched alkanes of at least 4 members (excludes halogenated alkanes) is 4. The molecule has 0 atom stereocenters. The number of nitrogens with one attached hydrogen (secondary N) is 1. The summed E-state index contributed by atoms with van der Waals surface area (Å²) < 4.78 is 5.18. The number of amides is 2. The van der Waals surface area contributed by atoms with Crippen LogP contribution in [0.15, 0.2) is 0 Å². The summed E-state index contributed by atoms with van der Waals surface area (Å²) in [5.74, 6) is 0.141. The van der Waals surface area contributed by atoms with E-state index in [1.54, 1.807) is 4.90 Å². The van der Waals surface area contributed by atoms with Crippen LogP contribution in [0.1, 0.15) is 79.1 Å². The maximum Gasteiger partial charge on any atom is 0.407 e. The lowest BCUT2D eigenvalue weighted by atomic mass is 10.1. The Morgan fingerprint density at radius 2 is 1.64 bits per heavy atom. The van der Waals surface area contributed by atoms with Gasteiger partial charge in [0.05, 0.1) is 0 Å². The molecule has 0 saturated heterocycles. The first-order chi connectivity index (χ1) is 11.8. The third kappa shape index (κ3) is 14.7. The summed E-state index contributed by atoms with van der Waals surface area (Å²) in [6, 6.07) is 0. The van der Waals surface area contributed by atoms with E-state index in [1.165, 1.54) is 19.3 Å². The monoisotopic (exact) mass is 358 g/mol. The zero-order valence-electron chi connectivity index (χ0n) is 16.6. The zero-order valence-corrected chi connectivity index (χ0v) is 16.6. The summed E-state index contributed by atoms with van der Waals surface area (Å²) in [6.45, 7) is 9.34. The Morgan fingerprint density at radius 1 is 1.00 bits per heavy atom. The minimum absolute atomic E-state index is 0.0798. The molecule has 2 N–H and O–H groups in total. The van der Waals surface area contributed by atoms with Gasteiger partial charge in [-0.3, -0.25) is 4.79 Å². The van der Waals surface area contributed by atoms with Gasteiger partial charge in [0.15, 0.2) is 0 Å². The fraction of sp³-hybridized carbons (Fsp3) is 0.895. The van der Waals surface area contributed by atoms with Crippen LogP contribution in [-0.2, 0) is 9.53 Å². The van der Waals surface area contributed by atoms with Crippen molar-refractivity contribution < 1.29 is 19.4 Å². The van der Waals surface area contributed by atoms with E-state index in [4.69, 9.17) is 9.84 Å². The van der Waals surface area contributed by atoms with Gasteiger partial charge in [0, 0.05) is 32.7 Å². The quantitative estimate of drug-likeness (QED) is 0.494. The maximum absolute atomic E-state index is 12.3. The Hall–Kier alpha value is -1.30. The molecule has 0 aliphatic carbocycles. The largest absolute Gasteiger partial charge is 0.444 e. The van der Waals surface area contributed by atoms with Crippen molar-refractivity contribution in [1.29, 1.82) is 0 Å². The topological polar surface area (TPSA) is 78.9 Å². The van der Waals surface area contributed by atoms with Crippen LogP contribution in [0.5, 0.6) is 0 Å². The van der Waals surface area contributed by atoms with Gasteiger partial charge in [0.25, 0.3) is 0 Å². The third-order valence-electron chi connectivity index (χ3n) is 3.71. The van der Waals surface area contributed by atoms with E-state index >= 15 is 0 Å². The summed E-state index contributed by atoms with van der Waals surface area (Å²) >= 11 is 0. The van der Waals surface area contributed by atoms with E-state index in [0.29, 0.717) is 38.9 Å². The number of ether oxygens (including phenoxy) is 1. The predicted octanol–water partition coefficient (Wildman–Crippen LogP) is 3.47. The molecular weight excluding hydrogens is 320 g/mol. The van der Waals surface area contributed by atoms with Crippen LogP contribution >= 0.6 is 0 Å². The minimum Gasteiger partial charge on any atom is -0.444 e. The second-order valence-corrected chi connectivity index (χ2v) is 7.40. The molecule has 0 heterocycles. The highest BCUT2D eigenvalue weighted by Gasteiger charge is 2.16. The van der Waals surface area contributed by atoms with Crippen LogP contribution < -0.4 is 5.32 Å². The molecule has 6 nitrogen and oxygen atoms in total. The summed E-state index contributed by atoms with van der Waals surface area (Å²) in [5.41, 5.74) is -0.509. The molecule has 148 valence electrons. The van der Waals surface area contributed by atoms with E-state index < -0.39 is 11.7 Å². The SMILES string of the molecule is CCCCCCCC(=O)N(CCCO)CCCNC(=O)OC(C)(C)C. The van der Waals surface area contributed by atoms with Crippen molar-refractivity contribution in [3.05, 3.63) is 0 Å². The normalized spacial score (nSPS) is 11.2. The second kappa shape index (κ2) is 13.9. The molecule has 6 heteroatoms. The number of nitrogens with zero attached hydrogens (tertiary/aromatic N) is 1. The summed E-state index contributed by atoms with van der Waals surface area (Å²) in [7, 11) is 0. The number of hydrogen-bond acceptors (Lipinski definition) is 4. The van der Waals surface area contributed by atoms with E-state index in [-0.39, 0.29) is 12.5 Å². The first kappa shape index (κ1) is 23.7. The number of aliphatic hydroxyl groups is 1. The fourth-order valence-corrected chi connectivity index (χ4v) is 2.44. The van der Waals surface area contributed by atoms with Gasteiger partial charge in [-0.25, -0.2) is 4.79 Å². The van der Waals surface area contributed by atoms with Gasteiger partial charge in [0.2, 0.25) is 5.91 Å². The molecule has 0 spiro atoms. The van der Waals surface area contributed by atoms with Crippen molar-refractivity contribution in [2.75, 3.05) is 26.2 Å². The van der Waals surface area contributed by atoms with Crippen molar-refractivity contribution in [2.24, 2.45) is 0 Å². The number of hydrogen-bond donors (Lipinski definition) is 2. The fourth-order valence-electron chi connectivity index (χ4n) is 2.44. The minimum atomic E-state index is -0.509. The first-order valence-electron chi connectivity index (χ1n) is 9.65. The molecule has 0 rings (SSSR count). The van der Waals surface area contributed by atoms with E-state index in [9.17, 15) is 9.59 Å². The molecule has 0 radical (unpaired) electrons. The average Bonchev–Trinajstić information content (AvgIpc) is 2.52. The number of rotatable bonds is 13. The Bertz CT molecular complexity index is 367. The summed E-state index contributed by atoms with van der Waals surface area (Å²) in [5, 5.41) is 11.7. The molecule has 0 saturated carbocycles. The van der Waals surface area contributed by atoms with E-state index in [1.807, 2.05) is 20.8 Å². The van der Waals surface area contributed by atoms with Crippen LogP contribution in [0.4, 0.5) is 4.79 Å². The smallest absolute Gasteiger partial charge is 0.407 e. The Kier molecular flexibility index (Phi) is 13.2. The molecule has 0 bridgehead atoms. The van der Waals surface area contributed by atoms with Gasteiger partial charge in [-0.1, -0.05) is 32.6 Å². The van der Waals surface area contributed by atoms with Crippen molar-refractivity contribution in [3.8, 4) is 0 Å². The number of alkyl carbamates (subject to hydrolysis) is 1. The van der Waals surface area contributed by atoms with Crippen LogP contribution in [0.25, 0.3) is 0 Å². The zero-order chi connectivity index (χ0) is 19.1. The highest BCUT2D eigenvalue weighted by molar-refractivity contribution is 5.76. The molecule has 0 aliphatic heterocycles. The molecule has 0 unspecified atom stereocenters. The number of carbonyl (C=O) groups is 2. The summed E-state index contributed by atoms with van der Waals surface area (Å²) in [4.78, 5) is 25.7. The standard InChI is InChI=1S/C19H38N2O4/c1-5-6-7-8-9-12-17(23)21(15-11-16-22)14-10-13-20-18(24)25-19(2,3)4/h22H,5-16H2,1-4H3,(H,20,24). The molecule has 0 aromatic heterocycles.